The molecule has 4 aliphatic rings. The van der Waals surface area contributed by atoms with E-state index in [1.165, 1.54) is 4.90 Å². The summed E-state index contributed by atoms with van der Waals surface area (Å²) >= 11 is 0. The predicted octanol–water partition coefficient (Wildman–Crippen LogP) is -0.721. The van der Waals surface area contributed by atoms with Crippen LogP contribution in [0.3, 0.4) is 0 Å². The van der Waals surface area contributed by atoms with Gasteiger partial charge in [0.05, 0.1) is 17.4 Å². The largest absolute Gasteiger partial charge is 0.391 e. The van der Waals surface area contributed by atoms with Crippen LogP contribution in [0.25, 0.3) is 0 Å². The summed E-state index contributed by atoms with van der Waals surface area (Å²) in [5.41, 5.74) is 4.72. The highest BCUT2D eigenvalue weighted by atomic mass is 32.2. The Morgan fingerprint density at radius 3 is 2.78 bits per heavy atom. The van der Waals surface area contributed by atoms with Gasteiger partial charge in [-0.25, -0.2) is 8.42 Å². The van der Waals surface area contributed by atoms with Gasteiger partial charge in [-0.05, 0) is 38.5 Å². The Balaban J connectivity index is 1.58. The van der Waals surface area contributed by atoms with E-state index in [1.807, 2.05) is 12.2 Å². The minimum Gasteiger partial charge on any atom is -0.391 e. The smallest absolute Gasteiger partial charge is 0.259 e. The minimum absolute atomic E-state index is 0.0622. The Hall–Kier alpha value is -1.98. The minimum atomic E-state index is -3.78. The molecule has 4 rings (SSSR count). The fourth-order valence-corrected chi connectivity index (χ4v) is 6.02. The second-order valence-electron chi connectivity index (χ2n) is 9.48. The third kappa shape index (κ3) is 4.69. The first-order valence-corrected chi connectivity index (χ1v) is 13.0. The monoisotopic (exact) mass is 470 g/mol. The standard InChI is InChI=1S/C21H32N4O6S/c22-16-7-5-3-1-2-4-6-13-11-21(13,20(29)24-32(30,31)15-8-9-15)23-18(27)17-10-14(26)12-25(17)19(16)28/h4,6,13-17,26H,1-3,5,7-12,22H2,(H,23,27)(H,24,29)/t13-,14-,16+,17+,21-/m1/s1/i26T. The average molecular weight is 471 g/mol. The number of carbonyl (C=O) groups excluding carboxylic acids is 3. The van der Waals surface area contributed by atoms with Crippen LogP contribution in [0.4, 0.5) is 0 Å². The fourth-order valence-electron chi connectivity index (χ4n) is 4.66. The van der Waals surface area contributed by atoms with Gasteiger partial charge in [0.2, 0.25) is 23.3 Å². The van der Waals surface area contributed by atoms with Gasteiger partial charge in [0.1, 0.15) is 11.6 Å². The predicted molar refractivity (Wildman–Crippen MR) is 115 cm³/mol. The third-order valence-electron chi connectivity index (χ3n) is 6.88. The van der Waals surface area contributed by atoms with E-state index in [9.17, 15) is 22.8 Å². The molecule has 0 aromatic rings. The summed E-state index contributed by atoms with van der Waals surface area (Å²) in [4.78, 5) is 40.7. The molecule has 2 heterocycles. The average Bonchev–Trinajstić information content (AvgIpc) is 3.68. The van der Waals surface area contributed by atoms with Crippen molar-refractivity contribution in [1.29, 1.82) is 1.43 Å². The molecule has 2 aliphatic carbocycles. The summed E-state index contributed by atoms with van der Waals surface area (Å²) in [6.07, 6.45) is 8.42. The number of rotatable bonds is 4. The zero-order valence-electron chi connectivity index (χ0n) is 19.0. The molecular formula is C21H32N4O6S. The van der Waals surface area contributed by atoms with Crippen molar-refractivity contribution >= 4 is 27.7 Å². The first-order chi connectivity index (χ1) is 15.7. The van der Waals surface area contributed by atoms with E-state index in [-0.39, 0.29) is 31.2 Å². The summed E-state index contributed by atoms with van der Waals surface area (Å²) in [6.45, 7) is 0.0622. The van der Waals surface area contributed by atoms with Crippen molar-refractivity contribution in [2.24, 2.45) is 11.7 Å². The highest BCUT2D eigenvalue weighted by Gasteiger charge is 2.62. The number of amides is 3. The zero-order chi connectivity index (χ0) is 23.8. The lowest BCUT2D eigenvalue weighted by Gasteiger charge is -2.28. The Bertz CT molecular complexity index is 939. The number of aliphatic hydroxyl groups excluding tert-OH is 1. The molecule has 0 aromatic carbocycles. The van der Waals surface area contributed by atoms with Crippen LogP contribution in [-0.2, 0) is 24.4 Å². The maximum absolute atomic E-state index is 13.3. The van der Waals surface area contributed by atoms with Crippen LogP contribution in [0.5, 0.6) is 0 Å². The molecule has 0 unspecified atom stereocenters. The number of aliphatic hydroxyl groups is 1. The van der Waals surface area contributed by atoms with E-state index in [0.29, 0.717) is 19.3 Å². The summed E-state index contributed by atoms with van der Waals surface area (Å²) in [6, 6.07) is -1.71. The van der Waals surface area contributed by atoms with Crippen molar-refractivity contribution in [3.63, 3.8) is 0 Å². The van der Waals surface area contributed by atoms with Gasteiger partial charge in [-0.3, -0.25) is 19.1 Å². The van der Waals surface area contributed by atoms with Crippen molar-refractivity contribution in [3.8, 4) is 0 Å². The number of nitrogens with one attached hydrogen (secondary N) is 2. The summed E-state index contributed by atoms with van der Waals surface area (Å²) in [5.74, 6) is -2.04. The second-order valence-corrected chi connectivity index (χ2v) is 11.4. The molecule has 3 amide bonds. The number of sulfonamides is 1. The number of nitrogens with zero attached hydrogens (tertiary/aromatic N) is 1. The molecule has 1 saturated heterocycles. The van der Waals surface area contributed by atoms with E-state index in [4.69, 9.17) is 7.16 Å². The van der Waals surface area contributed by atoms with Crippen LogP contribution in [-0.4, -0.2) is 73.1 Å². The normalized spacial score (nSPS) is 36.8. The van der Waals surface area contributed by atoms with Crippen LogP contribution in [0.1, 0.15) is 57.8 Å². The number of nitrogens with two attached hydrogens (primary N) is 1. The maximum Gasteiger partial charge on any atom is 0.259 e. The molecule has 10 nitrogen and oxygen atoms in total. The van der Waals surface area contributed by atoms with Crippen LogP contribution in [0.2, 0.25) is 0 Å². The first-order valence-electron chi connectivity index (χ1n) is 11.8. The lowest BCUT2D eigenvalue weighted by atomic mass is 10.1. The number of fused-ring (bicyclic) bond motifs is 2. The highest BCUT2D eigenvalue weighted by molar-refractivity contribution is 7.91. The van der Waals surface area contributed by atoms with E-state index in [0.717, 1.165) is 25.7 Å². The van der Waals surface area contributed by atoms with Gasteiger partial charge < -0.3 is 21.1 Å². The number of carbonyl (C=O) groups is 3. The van der Waals surface area contributed by atoms with Crippen LogP contribution in [0, 0.1) is 5.92 Å². The van der Waals surface area contributed by atoms with Crippen LogP contribution in [0.15, 0.2) is 12.2 Å². The third-order valence-corrected chi connectivity index (χ3v) is 8.70. The molecule has 0 aromatic heterocycles. The lowest BCUT2D eigenvalue weighted by molar-refractivity contribution is -0.140. The molecule has 178 valence electrons. The molecule has 32 heavy (non-hydrogen) atoms. The van der Waals surface area contributed by atoms with Crippen molar-refractivity contribution in [1.82, 2.24) is 14.9 Å². The van der Waals surface area contributed by atoms with Gasteiger partial charge in [-0.2, -0.15) is 0 Å². The summed E-state index contributed by atoms with van der Waals surface area (Å²) in [7, 11) is -3.78. The SMILES string of the molecule is [3H]O[C@@H]1C[C@H]2C(=O)N[C@]3(C(=O)NS(=O)(=O)C4CC4)C[C@H]3C=CCCCCC[C@H](N)C(=O)N2C1. The molecule has 0 bridgehead atoms. The Morgan fingerprint density at radius 2 is 2.06 bits per heavy atom. The van der Waals surface area contributed by atoms with E-state index < -0.39 is 50.8 Å². The lowest BCUT2D eigenvalue weighted by Crippen LogP contribution is -2.57. The maximum atomic E-state index is 13.3. The Kier molecular flexibility index (Phi) is 5.98. The number of hydrogen-bond donors (Lipinski definition) is 4. The molecule has 2 aliphatic heterocycles. The Morgan fingerprint density at radius 1 is 1.28 bits per heavy atom. The molecule has 0 spiro atoms. The molecule has 5 atom stereocenters. The molecule has 2 saturated carbocycles. The van der Waals surface area contributed by atoms with Gasteiger partial charge in [-0.15, -0.1) is 0 Å². The Labute approximate surface area is 189 Å². The summed E-state index contributed by atoms with van der Waals surface area (Å²) in [5, 5.41) is 6.84. The second kappa shape index (κ2) is 8.75. The van der Waals surface area contributed by atoms with Gasteiger partial charge >= 0.3 is 0 Å². The van der Waals surface area contributed by atoms with E-state index >= 15 is 0 Å². The van der Waals surface area contributed by atoms with Crippen LogP contribution >= 0.6 is 0 Å². The highest BCUT2D eigenvalue weighted by Crippen LogP contribution is 2.46. The first kappa shape index (κ1) is 21.8. The van der Waals surface area contributed by atoms with Gasteiger partial charge in [0, 0.05) is 18.9 Å². The van der Waals surface area contributed by atoms with Gasteiger partial charge in [0.25, 0.3) is 5.91 Å². The zero-order valence-corrected chi connectivity index (χ0v) is 18.8. The van der Waals surface area contributed by atoms with Gasteiger partial charge in [0.15, 0.2) is 0 Å². The number of hydrogen-bond acceptors (Lipinski definition) is 7. The molecule has 0 radical (unpaired) electrons. The molecular weight excluding hydrogens is 436 g/mol. The van der Waals surface area contributed by atoms with Gasteiger partial charge in [-0.1, -0.05) is 25.0 Å². The molecule has 5 N–H and O–H groups in total. The summed E-state index contributed by atoms with van der Waals surface area (Å²) < 4.78 is 34.1. The van der Waals surface area contributed by atoms with E-state index in [1.54, 1.807) is 0 Å². The topological polar surface area (TPSA) is 159 Å². The van der Waals surface area contributed by atoms with Crippen LogP contribution < -0.4 is 15.8 Å². The molecule has 11 heteroatoms. The quantitative estimate of drug-likeness (QED) is 0.395. The number of allylic oxidation sites excluding steroid dienone is 1. The van der Waals surface area contributed by atoms with Crippen molar-refractivity contribution in [2.75, 3.05) is 6.54 Å². The van der Waals surface area contributed by atoms with E-state index in [2.05, 4.69) is 15.1 Å². The van der Waals surface area contributed by atoms with Crippen molar-refractivity contribution in [3.05, 3.63) is 12.2 Å². The van der Waals surface area contributed by atoms with Crippen molar-refractivity contribution < 1.29 is 27.9 Å². The fraction of sp³-hybridized carbons (Fsp3) is 0.762. The molecule has 3 fully saturated rings. The van der Waals surface area contributed by atoms with Crippen molar-refractivity contribution in [2.45, 2.75) is 86.8 Å².